The molecule has 0 aliphatic rings. The molecule has 0 heterocycles. The summed E-state index contributed by atoms with van der Waals surface area (Å²) < 4.78 is 28.4. The molecule has 0 fully saturated rings. The minimum Gasteiger partial charge on any atom is -0.435 e. The predicted octanol–water partition coefficient (Wildman–Crippen LogP) is 4.25. The number of benzene rings is 2. The van der Waals surface area contributed by atoms with Crippen molar-refractivity contribution in [2.24, 2.45) is 0 Å². The normalized spacial score (nSPS) is 11.0. The second-order valence-electron chi connectivity index (χ2n) is 5.09. The summed E-state index contributed by atoms with van der Waals surface area (Å²) in [6.45, 7) is -2.87. The van der Waals surface area contributed by atoms with Gasteiger partial charge in [0.05, 0.1) is 0 Å². The molecule has 3 nitrogen and oxygen atoms in total. The number of rotatable bonds is 6. The van der Waals surface area contributed by atoms with Crippen molar-refractivity contribution in [1.82, 2.24) is 0 Å². The number of carbonyl (C=O) groups excluding carboxylic acids is 1. The summed E-state index contributed by atoms with van der Waals surface area (Å²) in [7, 11) is 3.91. The van der Waals surface area contributed by atoms with Crippen LogP contribution in [-0.4, -0.2) is 26.5 Å². The van der Waals surface area contributed by atoms with Gasteiger partial charge in [0.15, 0.2) is 5.78 Å². The Bertz CT molecular complexity index is 677. The topological polar surface area (TPSA) is 29.5 Å². The smallest absolute Gasteiger partial charge is 0.387 e. The van der Waals surface area contributed by atoms with E-state index >= 15 is 0 Å². The van der Waals surface area contributed by atoms with Crippen molar-refractivity contribution in [3.8, 4) is 5.75 Å². The van der Waals surface area contributed by atoms with Gasteiger partial charge in [0, 0.05) is 25.3 Å². The van der Waals surface area contributed by atoms with E-state index in [-0.39, 0.29) is 11.5 Å². The van der Waals surface area contributed by atoms with E-state index in [1.165, 1.54) is 30.3 Å². The third-order valence-corrected chi connectivity index (χ3v) is 3.20. The molecule has 120 valence electrons. The van der Waals surface area contributed by atoms with Gasteiger partial charge in [-0.05, 0) is 48.0 Å². The van der Waals surface area contributed by atoms with Gasteiger partial charge in [-0.2, -0.15) is 8.78 Å². The average molecular weight is 317 g/mol. The lowest BCUT2D eigenvalue weighted by Gasteiger charge is -2.11. The molecule has 0 spiro atoms. The number of halogens is 2. The molecular formula is C18H17F2NO2. The molecule has 0 N–H and O–H groups in total. The lowest BCUT2D eigenvalue weighted by atomic mass is 10.1. The van der Waals surface area contributed by atoms with Crippen molar-refractivity contribution in [3.63, 3.8) is 0 Å². The van der Waals surface area contributed by atoms with Crippen LogP contribution in [0.5, 0.6) is 5.75 Å². The maximum absolute atomic E-state index is 12.1. The molecule has 0 atom stereocenters. The van der Waals surface area contributed by atoms with E-state index in [1.54, 1.807) is 6.08 Å². The van der Waals surface area contributed by atoms with E-state index in [4.69, 9.17) is 0 Å². The molecule has 23 heavy (non-hydrogen) atoms. The first-order valence-corrected chi connectivity index (χ1v) is 7.00. The standard InChI is InChI=1S/C18H17F2NO2/c1-21(2)15-8-3-13(4-9-15)5-12-17(22)14-6-10-16(11-7-14)23-18(19)20/h3-12,18H,1-2H3/b12-5+. The van der Waals surface area contributed by atoms with Crippen molar-refractivity contribution >= 4 is 17.5 Å². The Labute approximate surface area is 133 Å². The maximum atomic E-state index is 12.1. The molecule has 0 radical (unpaired) electrons. The predicted molar refractivity (Wildman–Crippen MR) is 87.2 cm³/mol. The number of carbonyl (C=O) groups is 1. The highest BCUT2D eigenvalue weighted by molar-refractivity contribution is 6.06. The van der Waals surface area contributed by atoms with E-state index in [9.17, 15) is 13.6 Å². The number of allylic oxidation sites excluding steroid dienone is 1. The van der Waals surface area contributed by atoms with Gasteiger partial charge in [-0.3, -0.25) is 4.79 Å². The number of alkyl halides is 2. The van der Waals surface area contributed by atoms with Crippen LogP contribution in [0.3, 0.4) is 0 Å². The monoisotopic (exact) mass is 317 g/mol. The molecule has 0 bridgehead atoms. The second kappa shape index (κ2) is 7.54. The van der Waals surface area contributed by atoms with Crippen molar-refractivity contribution < 1.29 is 18.3 Å². The minimum atomic E-state index is -2.87. The molecule has 0 saturated heterocycles. The van der Waals surface area contributed by atoms with E-state index < -0.39 is 6.61 Å². The van der Waals surface area contributed by atoms with Crippen molar-refractivity contribution in [3.05, 3.63) is 65.7 Å². The highest BCUT2D eigenvalue weighted by Crippen LogP contribution is 2.16. The van der Waals surface area contributed by atoms with Crippen LogP contribution in [0, 0.1) is 0 Å². The molecule has 0 aliphatic carbocycles. The highest BCUT2D eigenvalue weighted by Gasteiger charge is 2.06. The van der Waals surface area contributed by atoms with E-state index in [1.807, 2.05) is 43.3 Å². The van der Waals surface area contributed by atoms with E-state index in [0.717, 1.165) is 11.3 Å². The first kappa shape index (κ1) is 16.7. The first-order chi connectivity index (χ1) is 11.0. The molecule has 0 aromatic heterocycles. The number of ketones is 1. The minimum absolute atomic E-state index is 0.0276. The summed E-state index contributed by atoms with van der Waals surface area (Å²) in [6, 6.07) is 13.4. The molecular weight excluding hydrogens is 300 g/mol. The van der Waals surface area contributed by atoms with Gasteiger partial charge in [0.1, 0.15) is 5.75 Å². The molecule has 2 rings (SSSR count). The average Bonchev–Trinajstić information content (AvgIpc) is 2.53. The lowest BCUT2D eigenvalue weighted by Crippen LogP contribution is -2.07. The number of hydrogen-bond acceptors (Lipinski definition) is 3. The molecule has 2 aromatic rings. The van der Waals surface area contributed by atoms with Gasteiger partial charge in [0.2, 0.25) is 0 Å². The van der Waals surface area contributed by atoms with Crippen LogP contribution < -0.4 is 9.64 Å². The third-order valence-electron chi connectivity index (χ3n) is 3.20. The van der Waals surface area contributed by atoms with Gasteiger partial charge >= 0.3 is 6.61 Å². The Hall–Kier alpha value is -2.69. The molecule has 0 unspecified atom stereocenters. The van der Waals surface area contributed by atoms with Gasteiger partial charge in [-0.15, -0.1) is 0 Å². The largest absolute Gasteiger partial charge is 0.435 e. The zero-order chi connectivity index (χ0) is 16.8. The summed E-state index contributed by atoms with van der Waals surface area (Å²) in [4.78, 5) is 14.0. The van der Waals surface area contributed by atoms with Gasteiger partial charge in [0.25, 0.3) is 0 Å². The summed E-state index contributed by atoms with van der Waals surface area (Å²) >= 11 is 0. The van der Waals surface area contributed by atoms with Crippen LogP contribution in [0.1, 0.15) is 15.9 Å². The first-order valence-electron chi connectivity index (χ1n) is 7.00. The fourth-order valence-corrected chi connectivity index (χ4v) is 1.95. The fraction of sp³-hybridized carbons (Fsp3) is 0.167. The molecule has 2 aromatic carbocycles. The zero-order valence-corrected chi connectivity index (χ0v) is 12.9. The third kappa shape index (κ3) is 4.92. The molecule has 5 heteroatoms. The van der Waals surface area contributed by atoms with Crippen LogP contribution in [0.25, 0.3) is 6.08 Å². The molecule has 0 saturated carbocycles. The summed E-state index contributed by atoms with van der Waals surface area (Å²) in [5.74, 6) is -0.176. The maximum Gasteiger partial charge on any atom is 0.387 e. The van der Waals surface area contributed by atoms with E-state index in [2.05, 4.69) is 4.74 Å². The Balaban J connectivity index is 2.03. The number of hydrogen-bond donors (Lipinski definition) is 0. The van der Waals surface area contributed by atoms with Crippen LogP contribution in [-0.2, 0) is 0 Å². The van der Waals surface area contributed by atoms with Gasteiger partial charge < -0.3 is 9.64 Å². The summed E-state index contributed by atoms with van der Waals surface area (Å²) in [5.41, 5.74) is 2.39. The molecule has 0 aliphatic heterocycles. The van der Waals surface area contributed by atoms with Crippen LogP contribution in [0.2, 0.25) is 0 Å². The summed E-state index contributed by atoms with van der Waals surface area (Å²) in [5, 5.41) is 0. The SMILES string of the molecule is CN(C)c1ccc(/C=C/C(=O)c2ccc(OC(F)F)cc2)cc1. The highest BCUT2D eigenvalue weighted by atomic mass is 19.3. The quantitative estimate of drug-likeness (QED) is 0.589. The Morgan fingerprint density at radius 3 is 2.17 bits per heavy atom. The number of anilines is 1. The Kier molecular flexibility index (Phi) is 5.46. The van der Waals surface area contributed by atoms with Crippen molar-refractivity contribution in [2.75, 3.05) is 19.0 Å². The van der Waals surface area contributed by atoms with Crippen LogP contribution in [0.4, 0.5) is 14.5 Å². The fourth-order valence-electron chi connectivity index (χ4n) is 1.95. The van der Waals surface area contributed by atoms with Crippen LogP contribution in [0.15, 0.2) is 54.6 Å². The number of ether oxygens (including phenoxy) is 1. The van der Waals surface area contributed by atoms with Crippen molar-refractivity contribution in [2.45, 2.75) is 6.61 Å². The van der Waals surface area contributed by atoms with Crippen molar-refractivity contribution in [1.29, 1.82) is 0 Å². The Morgan fingerprint density at radius 1 is 1.04 bits per heavy atom. The molecule has 0 amide bonds. The second-order valence-corrected chi connectivity index (χ2v) is 5.09. The lowest BCUT2D eigenvalue weighted by molar-refractivity contribution is -0.0498. The van der Waals surface area contributed by atoms with E-state index in [0.29, 0.717) is 5.56 Å². The summed E-state index contributed by atoms with van der Waals surface area (Å²) in [6.07, 6.45) is 3.17. The number of nitrogens with zero attached hydrogens (tertiary/aromatic N) is 1. The van der Waals surface area contributed by atoms with Crippen LogP contribution >= 0.6 is 0 Å². The zero-order valence-electron chi connectivity index (χ0n) is 12.9. The Morgan fingerprint density at radius 2 is 1.65 bits per heavy atom. The van der Waals surface area contributed by atoms with Gasteiger partial charge in [-0.1, -0.05) is 18.2 Å². The van der Waals surface area contributed by atoms with Gasteiger partial charge in [-0.25, -0.2) is 0 Å².